The minimum atomic E-state index is 0.409. The predicted molar refractivity (Wildman–Crippen MR) is 81.7 cm³/mol. The molecule has 98 valence electrons. The van der Waals surface area contributed by atoms with Crippen LogP contribution in [0.15, 0.2) is 28.7 Å². The highest BCUT2D eigenvalue weighted by atomic mass is 79.9. The third-order valence-corrected chi connectivity index (χ3v) is 4.43. The topological polar surface area (TPSA) is 25.8 Å². The fraction of sp³-hybridized carbons (Fsp3) is 0.286. The zero-order chi connectivity index (χ0) is 13.6. The number of benzene rings is 1. The van der Waals surface area contributed by atoms with Crippen molar-refractivity contribution in [3.63, 3.8) is 0 Å². The molecule has 2 atom stereocenters. The highest BCUT2D eigenvalue weighted by Crippen LogP contribution is 2.46. The average molecular weight is 358 g/mol. The minimum absolute atomic E-state index is 0.409. The van der Waals surface area contributed by atoms with Crippen molar-refractivity contribution in [2.45, 2.75) is 19.3 Å². The SMILES string of the molecule is CC1CC1c1nc(Cl)c(-c2cccc(Br)c2)c(Cl)n1. The number of hydrogen-bond donors (Lipinski definition) is 0. The normalized spacial score (nSPS) is 21.5. The van der Waals surface area contributed by atoms with Gasteiger partial charge in [-0.15, -0.1) is 0 Å². The standard InChI is InChI=1S/C14H11BrCl2N2/c1-7-5-10(7)14-18-12(16)11(13(17)19-14)8-3-2-4-9(15)6-8/h2-4,6-7,10H,5H2,1H3. The first-order chi connectivity index (χ1) is 9.06. The Kier molecular flexibility index (Phi) is 3.54. The van der Waals surface area contributed by atoms with Crippen molar-refractivity contribution < 1.29 is 0 Å². The van der Waals surface area contributed by atoms with Gasteiger partial charge in [0, 0.05) is 10.4 Å². The fourth-order valence-electron chi connectivity index (χ4n) is 2.15. The summed E-state index contributed by atoms with van der Waals surface area (Å²) in [5.74, 6) is 1.80. The molecule has 1 aromatic heterocycles. The van der Waals surface area contributed by atoms with E-state index in [9.17, 15) is 0 Å². The Morgan fingerprint density at radius 3 is 2.37 bits per heavy atom. The van der Waals surface area contributed by atoms with Crippen molar-refractivity contribution in [1.29, 1.82) is 0 Å². The maximum absolute atomic E-state index is 6.29. The summed E-state index contributed by atoms with van der Waals surface area (Å²) in [6.45, 7) is 2.18. The van der Waals surface area contributed by atoms with Gasteiger partial charge in [-0.3, -0.25) is 0 Å². The van der Waals surface area contributed by atoms with Gasteiger partial charge in [0.05, 0.1) is 5.56 Å². The molecule has 0 spiro atoms. The van der Waals surface area contributed by atoms with Gasteiger partial charge in [-0.1, -0.05) is 58.2 Å². The lowest BCUT2D eigenvalue weighted by Crippen LogP contribution is -1.97. The lowest BCUT2D eigenvalue weighted by molar-refractivity contribution is 0.843. The van der Waals surface area contributed by atoms with E-state index in [-0.39, 0.29) is 0 Å². The van der Waals surface area contributed by atoms with Crippen LogP contribution in [-0.2, 0) is 0 Å². The van der Waals surface area contributed by atoms with Crippen LogP contribution in [0, 0.1) is 5.92 Å². The van der Waals surface area contributed by atoms with E-state index in [1.165, 1.54) is 0 Å². The lowest BCUT2D eigenvalue weighted by Gasteiger charge is -2.08. The second kappa shape index (κ2) is 5.04. The Morgan fingerprint density at radius 1 is 1.21 bits per heavy atom. The van der Waals surface area contributed by atoms with E-state index in [0.29, 0.717) is 27.7 Å². The molecule has 19 heavy (non-hydrogen) atoms. The Balaban J connectivity index is 2.07. The van der Waals surface area contributed by atoms with Crippen molar-refractivity contribution in [3.05, 3.63) is 44.9 Å². The molecule has 0 N–H and O–H groups in total. The molecule has 0 amide bonds. The molecular formula is C14H11BrCl2N2. The van der Waals surface area contributed by atoms with E-state index < -0.39 is 0 Å². The van der Waals surface area contributed by atoms with E-state index in [1.807, 2.05) is 24.3 Å². The van der Waals surface area contributed by atoms with Gasteiger partial charge in [0.25, 0.3) is 0 Å². The van der Waals surface area contributed by atoms with Gasteiger partial charge in [-0.05, 0) is 30.0 Å². The molecule has 5 heteroatoms. The van der Waals surface area contributed by atoms with E-state index in [0.717, 1.165) is 22.3 Å². The maximum atomic E-state index is 6.29. The molecule has 1 aromatic carbocycles. The Hall–Kier alpha value is -0.640. The highest BCUT2D eigenvalue weighted by molar-refractivity contribution is 9.10. The first kappa shape index (κ1) is 13.3. The Bertz CT molecular complexity index is 622. The van der Waals surface area contributed by atoms with Crippen LogP contribution >= 0.6 is 39.1 Å². The van der Waals surface area contributed by atoms with Crippen LogP contribution in [0.3, 0.4) is 0 Å². The number of aromatic nitrogens is 2. The van der Waals surface area contributed by atoms with Gasteiger partial charge in [0.1, 0.15) is 16.1 Å². The molecule has 3 rings (SSSR count). The second-order valence-corrected chi connectivity index (χ2v) is 6.50. The quantitative estimate of drug-likeness (QED) is 0.678. The molecule has 1 fully saturated rings. The third-order valence-electron chi connectivity index (χ3n) is 3.39. The summed E-state index contributed by atoms with van der Waals surface area (Å²) in [7, 11) is 0. The van der Waals surface area contributed by atoms with Crippen molar-refractivity contribution in [2.75, 3.05) is 0 Å². The molecule has 0 radical (unpaired) electrons. The van der Waals surface area contributed by atoms with Gasteiger partial charge < -0.3 is 0 Å². The van der Waals surface area contributed by atoms with Crippen LogP contribution in [0.2, 0.25) is 10.3 Å². The van der Waals surface area contributed by atoms with Gasteiger partial charge in [0.2, 0.25) is 0 Å². The summed E-state index contributed by atoms with van der Waals surface area (Å²) >= 11 is 16.0. The third kappa shape index (κ3) is 2.64. The van der Waals surface area contributed by atoms with Gasteiger partial charge in [-0.2, -0.15) is 0 Å². The van der Waals surface area contributed by atoms with Crippen LogP contribution in [0.5, 0.6) is 0 Å². The van der Waals surface area contributed by atoms with Crippen LogP contribution in [-0.4, -0.2) is 9.97 Å². The summed E-state index contributed by atoms with van der Waals surface area (Å²) in [6, 6.07) is 7.78. The number of halogens is 3. The monoisotopic (exact) mass is 356 g/mol. The van der Waals surface area contributed by atoms with Gasteiger partial charge >= 0.3 is 0 Å². The van der Waals surface area contributed by atoms with Crippen LogP contribution in [0.1, 0.15) is 25.1 Å². The van der Waals surface area contributed by atoms with Crippen LogP contribution in [0.4, 0.5) is 0 Å². The van der Waals surface area contributed by atoms with Crippen molar-refractivity contribution in [1.82, 2.24) is 9.97 Å². The predicted octanol–water partition coefficient (Wildman–Crippen LogP) is 5.34. The number of nitrogens with zero attached hydrogens (tertiary/aromatic N) is 2. The molecule has 1 heterocycles. The molecule has 2 unspecified atom stereocenters. The van der Waals surface area contributed by atoms with Crippen molar-refractivity contribution in [2.24, 2.45) is 5.92 Å². The summed E-state index contributed by atoms with van der Waals surface area (Å²) in [6.07, 6.45) is 1.11. The summed E-state index contributed by atoms with van der Waals surface area (Å²) < 4.78 is 0.969. The maximum Gasteiger partial charge on any atom is 0.142 e. The Labute approximate surface area is 130 Å². The number of hydrogen-bond acceptors (Lipinski definition) is 2. The van der Waals surface area contributed by atoms with Crippen molar-refractivity contribution >= 4 is 39.1 Å². The van der Waals surface area contributed by atoms with Crippen molar-refractivity contribution in [3.8, 4) is 11.1 Å². The van der Waals surface area contributed by atoms with Crippen LogP contribution in [0.25, 0.3) is 11.1 Å². The smallest absolute Gasteiger partial charge is 0.142 e. The molecule has 0 saturated heterocycles. The molecule has 1 aliphatic carbocycles. The number of rotatable bonds is 2. The zero-order valence-corrected chi connectivity index (χ0v) is 13.3. The Morgan fingerprint density at radius 2 is 1.84 bits per heavy atom. The molecular weight excluding hydrogens is 347 g/mol. The van der Waals surface area contributed by atoms with E-state index in [1.54, 1.807) is 0 Å². The molecule has 1 aliphatic rings. The largest absolute Gasteiger partial charge is 0.220 e. The molecule has 2 nitrogen and oxygen atoms in total. The minimum Gasteiger partial charge on any atom is -0.220 e. The summed E-state index contributed by atoms with van der Waals surface area (Å²) in [4.78, 5) is 8.81. The average Bonchev–Trinajstić information content (AvgIpc) is 3.05. The fourth-order valence-corrected chi connectivity index (χ4v) is 3.17. The van der Waals surface area contributed by atoms with Gasteiger partial charge in [0.15, 0.2) is 0 Å². The van der Waals surface area contributed by atoms with E-state index in [2.05, 4.69) is 32.8 Å². The van der Waals surface area contributed by atoms with Crippen LogP contribution < -0.4 is 0 Å². The molecule has 0 bridgehead atoms. The molecule has 0 aliphatic heterocycles. The highest BCUT2D eigenvalue weighted by Gasteiger charge is 2.37. The van der Waals surface area contributed by atoms with E-state index >= 15 is 0 Å². The first-order valence-corrected chi connectivity index (χ1v) is 7.60. The zero-order valence-electron chi connectivity index (χ0n) is 10.2. The first-order valence-electron chi connectivity index (χ1n) is 6.05. The molecule has 2 aromatic rings. The van der Waals surface area contributed by atoms with E-state index in [4.69, 9.17) is 23.2 Å². The second-order valence-electron chi connectivity index (χ2n) is 4.87. The summed E-state index contributed by atoms with van der Waals surface area (Å²) in [5, 5.41) is 0.847. The lowest BCUT2D eigenvalue weighted by atomic mass is 10.1. The van der Waals surface area contributed by atoms with Gasteiger partial charge in [-0.25, -0.2) is 9.97 Å². The molecule has 1 saturated carbocycles. The summed E-state index contributed by atoms with van der Waals surface area (Å²) in [5.41, 5.74) is 1.61.